The first-order valence-electron chi connectivity index (χ1n) is 7.84. The molecule has 1 amide bonds. The van der Waals surface area contributed by atoms with Gasteiger partial charge in [-0.2, -0.15) is 0 Å². The summed E-state index contributed by atoms with van der Waals surface area (Å²) in [5, 5.41) is 3.00. The van der Waals surface area contributed by atoms with Gasteiger partial charge in [-0.25, -0.2) is 0 Å². The number of benzene rings is 2. The maximum atomic E-state index is 12.3. The summed E-state index contributed by atoms with van der Waals surface area (Å²) in [6.45, 7) is 0. The van der Waals surface area contributed by atoms with Crippen molar-refractivity contribution in [1.29, 1.82) is 0 Å². The number of esters is 1. The number of hydrogen-bond acceptors (Lipinski definition) is 4. The molecule has 2 aromatic carbocycles. The van der Waals surface area contributed by atoms with E-state index in [0.717, 1.165) is 11.1 Å². The van der Waals surface area contributed by atoms with Gasteiger partial charge in [-0.3, -0.25) is 9.59 Å². The van der Waals surface area contributed by atoms with Crippen LogP contribution in [0, 0.1) is 0 Å². The molecule has 2 aromatic rings. The highest BCUT2D eigenvalue weighted by molar-refractivity contribution is 5.79. The van der Waals surface area contributed by atoms with Gasteiger partial charge >= 0.3 is 5.97 Å². The maximum absolute atomic E-state index is 12.3. The Kier molecular flexibility index (Phi) is 6.37. The smallest absolute Gasteiger partial charge is 0.305 e. The van der Waals surface area contributed by atoms with E-state index in [9.17, 15) is 9.59 Å². The second-order valence-corrected chi connectivity index (χ2v) is 5.56. The molecular weight excluding hydrogens is 304 g/mol. The minimum absolute atomic E-state index is 0.0986. The molecule has 0 bridgehead atoms. The van der Waals surface area contributed by atoms with Crippen molar-refractivity contribution in [1.82, 2.24) is 5.32 Å². The van der Waals surface area contributed by atoms with E-state index in [-0.39, 0.29) is 30.8 Å². The quantitative estimate of drug-likeness (QED) is 0.605. The lowest BCUT2D eigenvalue weighted by Crippen LogP contribution is -2.30. The Bertz CT molecular complexity index is 669. The molecule has 5 nitrogen and oxygen atoms in total. The lowest BCUT2D eigenvalue weighted by molar-refractivity contribution is -0.141. The minimum atomic E-state index is -0.288. The molecule has 0 saturated heterocycles. The van der Waals surface area contributed by atoms with Crippen LogP contribution in [0.1, 0.15) is 30.0 Å². The molecule has 1 unspecified atom stereocenters. The Balaban J connectivity index is 2.02. The van der Waals surface area contributed by atoms with Crippen LogP contribution in [0.15, 0.2) is 54.6 Å². The first-order valence-corrected chi connectivity index (χ1v) is 7.84. The number of anilines is 1. The third kappa shape index (κ3) is 5.43. The Labute approximate surface area is 141 Å². The van der Waals surface area contributed by atoms with E-state index >= 15 is 0 Å². The van der Waals surface area contributed by atoms with Gasteiger partial charge in [-0.15, -0.1) is 0 Å². The molecule has 2 rings (SSSR count). The van der Waals surface area contributed by atoms with Crippen LogP contribution in [0.3, 0.4) is 0 Å². The van der Waals surface area contributed by atoms with Crippen molar-refractivity contribution in [3.63, 3.8) is 0 Å². The summed E-state index contributed by atoms with van der Waals surface area (Å²) in [5.41, 5.74) is 8.17. The highest BCUT2D eigenvalue weighted by Crippen LogP contribution is 2.19. The van der Waals surface area contributed by atoms with E-state index in [4.69, 9.17) is 5.73 Å². The van der Waals surface area contributed by atoms with Gasteiger partial charge in [0.15, 0.2) is 0 Å². The summed E-state index contributed by atoms with van der Waals surface area (Å²) in [7, 11) is 1.36. The second kappa shape index (κ2) is 8.72. The number of rotatable bonds is 7. The Hall–Kier alpha value is -2.82. The third-order valence-electron chi connectivity index (χ3n) is 3.75. The molecule has 0 aliphatic rings. The average Bonchev–Trinajstić information content (AvgIpc) is 2.61. The summed E-state index contributed by atoms with van der Waals surface area (Å²) in [6, 6.07) is 16.6. The summed E-state index contributed by atoms with van der Waals surface area (Å²) >= 11 is 0. The summed E-state index contributed by atoms with van der Waals surface area (Å²) in [6.07, 6.45) is 1.00. The van der Waals surface area contributed by atoms with Crippen LogP contribution in [-0.4, -0.2) is 19.0 Å². The van der Waals surface area contributed by atoms with Crippen LogP contribution in [-0.2, 0) is 20.7 Å². The van der Waals surface area contributed by atoms with Gasteiger partial charge in [-0.05, 0) is 29.7 Å². The van der Waals surface area contributed by atoms with Crippen molar-refractivity contribution in [3.8, 4) is 0 Å². The SMILES string of the molecule is COC(=O)CCC(NC(=O)Cc1ccc(N)cc1)c1ccccc1. The third-order valence-corrected chi connectivity index (χ3v) is 3.75. The molecule has 0 spiro atoms. The summed E-state index contributed by atoms with van der Waals surface area (Å²) in [4.78, 5) is 23.7. The van der Waals surface area contributed by atoms with Crippen molar-refractivity contribution in [2.24, 2.45) is 0 Å². The molecule has 24 heavy (non-hydrogen) atoms. The van der Waals surface area contributed by atoms with Crippen molar-refractivity contribution in [2.75, 3.05) is 12.8 Å². The highest BCUT2D eigenvalue weighted by atomic mass is 16.5. The molecule has 0 aromatic heterocycles. The van der Waals surface area contributed by atoms with E-state index in [1.54, 1.807) is 12.1 Å². The zero-order chi connectivity index (χ0) is 17.4. The molecule has 126 valence electrons. The average molecular weight is 326 g/mol. The summed E-state index contributed by atoms with van der Waals surface area (Å²) in [5.74, 6) is -0.387. The number of ether oxygens (including phenoxy) is 1. The first-order chi connectivity index (χ1) is 11.6. The van der Waals surface area contributed by atoms with Gasteiger partial charge < -0.3 is 15.8 Å². The fraction of sp³-hybridized carbons (Fsp3) is 0.263. The number of carbonyl (C=O) groups is 2. The fourth-order valence-corrected chi connectivity index (χ4v) is 2.44. The number of carbonyl (C=O) groups excluding carboxylic acids is 2. The molecular formula is C19H22N2O3. The van der Waals surface area contributed by atoms with E-state index in [0.29, 0.717) is 12.1 Å². The number of hydrogen-bond donors (Lipinski definition) is 2. The minimum Gasteiger partial charge on any atom is -0.469 e. The predicted molar refractivity (Wildman–Crippen MR) is 93.1 cm³/mol. The molecule has 0 aliphatic carbocycles. The standard InChI is InChI=1S/C19H22N2O3/c1-24-19(23)12-11-17(15-5-3-2-4-6-15)21-18(22)13-14-7-9-16(20)10-8-14/h2-10,17H,11-13,20H2,1H3,(H,21,22). The predicted octanol–water partition coefficient (Wildman–Crippen LogP) is 2.62. The van der Waals surface area contributed by atoms with Gasteiger partial charge in [0, 0.05) is 12.1 Å². The van der Waals surface area contributed by atoms with Crippen molar-refractivity contribution in [2.45, 2.75) is 25.3 Å². The van der Waals surface area contributed by atoms with Crippen molar-refractivity contribution >= 4 is 17.6 Å². The Morgan fingerprint density at radius 2 is 1.75 bits per heavy atom. The molecule has 1 atom stereocenters. The van der Waals surface area contributed by atoms with Crippen LogP contribution >= 0.6 is 0 Å². The number of methoxy groups -OCH3 is 1. The largest absolute Gasteiger partial charge is 0.469 e. The maximum Gasteiger partial charge on any atom is 0.305 e. The fourth-order valence-electron chi connectivity index (χ4n) is 2.44. The molecule has 0 aliphatic heterocycles. The van der Waals surface area contributed by atoms with E-state index in [1.807, 2.05) is 42.5 Å². The van der Waals surface area contributed by atoms with Gasteiger partial charge in [0.05, 0.1) is 19.6 Å². The summed E-state index contributed by atoms with van der Waals surface area (Å²) < 4.78 is 4.68. The number of nitrogens with one attached hydrogen (secondary N) is 1. The van der Waals surface area contributed by atoms with Crippen LogP contribution in [0.2, 0.25) is 0 Å². The van der Waals surface area contributed by atoms with Gasteiger partial charge in [0.25, 0.3) is 0 Å². The van der Waals surface area contributed by atoms with Crippen LogP contribution < -0.4 is 11.1 Å². The van der Waals surface area contributed by atoms with E-state index in [1.165, 1.54) is 7.11 Å². The van der Waals surface area contributed by atoms with Crippen LogP contribution in [0.4, 0.5) is 5.69 Å². The Morgan fingerprint density at radius 1 is 1.08 bits per heavy atom. The Morgan fingerprint density at radius 3 is 2.38 bits per heavy atom. The zero-order valence-corrected chi connectivity index (χ0v) is 13.7. The highest BCUT2D eigenvalue weighted by Gasteiger charge is 2.16. The van der Waals surface area contributed by atoms with Crippen LogP contribution in [0.5, 0.6) is 0 Å². The monoisotopic (exact) mass is 326 g/mol. The number of nitrogen functional groups attached to an aromatic ring is 1. The topological polar surface area (TPSA) is 81.4 Å². The van der Waals surface area contributed by atoms with Crippen molar-refractivity contribution in [3.05, 3.63) is 65.7 Å². The van der Waals surface area contributed by atoms with Gasteiger partial charge in [0.2, 0.25) is 5.91 Å². The molecule has 0 saturated carbocycles. The van der Waals surface area contributed by atoms with E-state index in [2.05, 4.69) is 10.1 Å². The molecule has 0 radical (unpaired) electrons. The van der Waals surface area contributed by atoms with Crippen molar-refractivity contribution < 1.29 is 14.3 Å². The van der Waals surface area contributed by atoms with Crippen LogP contribution in [0.25, 0.3) is 0 Å². The normalized spacial score (nSPS) is 11.5. The van der Waals surface area contributed by atoms with E-state index < -0.39 is 0 Å². The molecule has 5 heteroatoms. The lowest BCUT2D eigenvalue weighted by atomic mass is 10.0. The van der Waals surface area contributed by atoms with Gasteiger partial charge in [-0.1, -0.05) is 42.5 Å². The first kappa shape index (κ1) is 17.5. The molecule has 0 heterocycles. The number of nitrogens with two attached hydrogens (primary N) is 1. The molecule has 0 fully saturated rings. The van der Waals surface area contributed by atoms with Gasteiger partial charge in [0.1, 0.15) is 0 Å². The zero-order valence-electron chi connectivity index (χ0n) is 13.7. The lowest BCUT2D eigenvalue weighted by Gasteiger charge is -2.19. The molecule has 3 N–H and O–H groups in total. The number of amides is 1. The second-order valence-electron chi connectivity index (χ2n) is 5.56.